The number of alkyl halides is 3. The number of Topliss-reactive ketones (excluding diaryl/α,β-unsaturated/α-hetero) is 1. The third kappa shape index (κ3) is 9.60. The maximum atomic E-state index is 14.2. The minimum Gasteiger partial charge on any atom is -0.542 e. The van der Waals surface area contributed by atoms with Gasteiger partial charge in [0.15, 0.2) is 5.70 Å². The van der Waals surface area contributed by atoms with Crippen LogP contribution in [0.15, 0.2) is 59.7 Å². The minimum atomic E-state index is -5.19. The van der Waals surface area contributed by atoms with Crippen molar-refractivity contribution in [3.05, 3.63) is 77.4 Å². The Labute approximate surface area is 246 Å². The van der Waals surface area contributed by atoms with E-state index in [0.29, 0.717) is 18.4 Å². The summed E-state index contributed by atoms with van der Waals surface area (Å²) in [7, 11) is 0. The molecule has 0 saturated carbocycles. The first kappa shape index (κ1) is 33.2. The molecule has 12 heteroatoms. The third-order valence-electron chi connectivity index (χ3n) is 6.97. The summed E-state index contributed by atoms with van der Waals surface area (Å²) in [6, 6.07) is 14.7. The molecular formula is C31H34F4N4O4. The fourth-order valence-electron chi connectivity index (χ4n) is 4.68. The van der Waals surface area contributed by atoms with Gasteiger partial charge in [-0.1, -0.05) is 50.1 Å². The number of hydrogen-bond donors (Lipinski definition) is 3. The average Bonchev–Trinajstić information content (AvgIpc) is 3.58. The SMILES string of the molecule is CCC(=O)CCCCC[C@H](NC(=O)Cc1c(C)[nH]c2c(F)cccc12)C1=NC=C(c2ccccc2)[NH2+]1.O=C([O-])C(F)(F)F. The van der Waals surface area contributed by atoms with Crippen LogP contribution in [0.3, 0.4) is 0 Å². The van der Waals surface area contributed by atoms with E-state index in [1.54, 1.807) is 6.07 Å². The molecule has 2 aromatic carbocycles. The summed E-state index contributed by atoms with van der Waals surface area (Å²) in [6.07, 6.45) is 1.39. The van der Waals surface area contributed by atoms with Gasteiger partial charge >= 0.3 is 6.18 Å². The highest BCUT2D eigenvalue weighted by Crippen LogP contribution is 2.25. The molecule has 1 aliphatic rings. The number of carboxylic acids is 1. The van der Waals surface area contributed by atoms with Crippen molar-refractivity contribution in [3.8, 4) is 0 Å². The zero-order chi connectivity index (χ0) is 31.6. The van der Waals surface area contributed by atoms with Gasteiger partial charge in [-0.05, 0) is 43.5 Å². The molecule has 0 saturated heterocycles. The number of aromatic nitrogens is 1. The van der Waals surface area contributed by atoms with Crippen LogP contribution in [0.4, 0.5) is 17.6 Å². The molecule has 0 aliphatic carbocycles. The number of nitrogens with zero attached hydrogens (tertiary/aromatic N) is 1. The predicted octanol–water partition coefficient (Wildman–Crippen LogP) is 3.85. The normalized spacial score (nSPS) is 13.5. The molecule has 0 bridgehead atoms. The minimum absolute atomic E-state index is 0.126. The van der Waals surface area contributed by atoms with E-state index in [1.807, 2.05) is 61.8 Å². The lowest BCUT2D eigenvalue weighted by molar-refractivity contribution is -0.434. The van der Waals surface area contributed by atoms with Gasteiger partial charge in [0.1, 0.15) is 23.6 Å². The van der Waals surface area contributed by atoms with Crippen molar-refractivity contribution in [2.45, 2.75) is 71.0 Å². The average molecular weight is 603 g/mol. The van der Waals surface area contributed by atoms with E-state index in [1.165, 1.54) is 6.07 Å². The Balaban J connectivity index is 0.000000646. The van der Waals surface area contributed by atoms with Gasteiger partial charge in [-0.3, -0.25) is 14.9 Å². The Bertz CT molecular complexity index is 1500. The molecule has 4 N–H and O–H groups in total. The van der Waals surface area contributed by atoms with Crippen LogP contribution in [-0.4, -0.2) is 40.7 Å². The Morgan fingerprint density at radius 2 is 1.74 bits per heavy atom. The summed E-state index contributed by atoms with van der Waals surface area (Å²) >= 11 is 0. The lowest BCUT2D eigenvalue weighted by Gasteiger charge is -2.17. The number of aliphatic carboxylic acids is 1. The monoisotopic (exact) mass is 602 g/mol. The molecule has 4 rings (SSSR count). The van der Waals surface area contributed by atoms with Crippen LogP contribution in [-0.2, 0) is 20.8 Å². The van der Waals surface area contributed by atoms with Gasteiger partial charge in [0.05, 0.1) is 18.1 Å². The number of aryl methyl sites for hydroxylation is 1. The number of aromatic amines is 1. The zero-order valence-corrected chi connectivity index (χ0v) is 23.9. The number of aliphatic imine (C=N–C) groups is 1. The van der Waals surface area contributed by atoms with Gasteiger partial charge in [0.25, 0.3) is 0 Å². The molecule has 1 amide bonds. The van der Waals surface area contributed by atoms with Crippen LogP contribution in [0.25, 0.3) is 16.6 Å². The summed E-state index contributed by atoms with van der Waals surface area (Å²) in [5.41, 5.74) is 4.12. The van der Waals surface area contributed by atoms with Gasteiger partial charge in [-0.15, -0.1) is 0 Å². The standard InChI is InChI=1S/C29H33FN4O2.C2HF3O2/c1-3-21(35)13-8-5-9-16-25(29-31-18-26(34-29)20-11-6-4-7-12-20)33-27(36)17-23-19(2)32-28-22(23)14-10-15-24(28)30;3-2(4,5)1(6)7/h4,6-7,10-12,14-15,18,25,32H,3,5,8-9,13,16-17H2,1-2H3,(H,31,34)(H,33,36);(H,6,7)/t25-;/m0./s1. The maximum Gasteiger partial charge on any atom is 0.430 e. The molecule has 0 spiro atoms. The van der Waals surface area contributed by atoms with Crippen molar-refractivity contribution in [1.29, 1.82) is 0 Å². The zero-order valence-electron chi connectivity index (χ0n) is 23.9. The number of hydrogen-bond acceptors (Lipinski definition) is 5. The number of carbonyl (C=O) groups excluding carboxylic acids is 3. The number of quaternary nitrogens is 1. The van der Waals surface area contributed by atoms with Gasteiger partial charge in [-0.2, -0.15) is 13.2 Å². The number of para-hydroxylation sites is 1. The number of carboxylic acid groups (broad SMARTS) is 1. The van der Waals surface area contributed by atoms with Gasteiger partial charge in [-0.25, -0.2) is 9.38 Å². The van der Waals surface area contributed by atoms with Crippen molar-refractivity contribution >= 4 is 40.1 Å². The molecule has 8 nitrogen and oxygen atoms in total. The molecule has 1 aromatic heterocycles. The number of rotatable bonds is 12. The first-order chi connectivity index (χ1) is 20.4. The number of carbonyl (C=O) groups is 3. The lowest BCUT2D eigenvalue weighted by atomic mass is 10.0. The molecule has 1 atom stereocenters. The second-order valence-electron chi connectivity index (χ2n) is 10.1. The Kier molecular flexibility index (Phi) is 11.8. The quantitative estimate of drug-likeness (QED) is 0.215. The predicted molar refractivity (Wildman–Crippen MR) is 152 cm³/mol. The molecule has 0 fully saturated rings. The van der Waals surface area contributed by atoms with Crippen LogP contribution in [0.5, 0.6) is 0 Å². The number of amidine groups is 1. The molecule has 0 radical (unpaired) electrons. The van der Waals surface area contributed by atoms with Crippen molar-refractivity contribution in [2.24, 2.45) is 4.99 Å². The summed E-state index contributed by atoms with van der Waals surface area (Å²) in [5.74, 6) is -2.34. The molecule has 0 unspecified atom stereocenters. The van der Waals surface area contributed by atoms with Gasteiger partial charge in [0.2, 0.25) is 11.7 Å². The highest BCUT2D eigenvalue weighted by atomic mass is 19.4. The fraction of sp³-hybridized carbons (Fsp3) is 0.355. The van der Waals surface area contributed by atoms with Crippen molar-refractivity contribution in [2.75, 3.05) is 0 Å². The Morgan fingerprint density at radius 3 is 2.40 bits per heavy atom. The van der Waals surface area contributed by atoms with Gasteiger partial charge in [0, 0.05) is 29.5 Å². The first-order valence-electron chi connectivity index (χ1n) is 13.9. The third-order valence-corrected chi connectivity index (χ3v) is 6.97. The van der Waals surface area contributed by atoms with E-state index in [9.17, 15) is 27.2 Å². The largest absolute Gasteiger partial charge is 0.542 e. The molecule has 230 valence electrons. The molecule has 43 heavy (non-hydrogen) atoms. The smallest absolute Gasteiger partial charge is 0.430 e. The Morgan fingerprint density at radius 1 is 1.05 bits per heavy atom. The maximum absolute atomic E-state index is 14.2. The number of halogens is 4. The van der Waals surface area contributed by atoms with Crippen molar-refractivity contribution in [1.82, 2.24) is 10.3 Å². The fourth-order valence-corrected chi connectivity index (χ4v) is 4.68. The Hall–Kier alpha value is -4.32. The topological polar surface area (TPSA) is 131 Å². The van der Waals surface area contributed by atoms with Crippen molar-refractivity contribution in [3.63, 3.8) is 0 Å². The van der Waals surface area contributed by atoms with E-state index in [0.717, 1.165) is 59.4 Å². The van der Waals surface area contributed by atoms with Crippen LogP contribution in [0.1, 0.15) is 62.3 Å². The number of H-pyrrole nitrogens is 1. The van der Waals surface area contributed by atoms with Crippen LogP contribution in [0, 0.1) is 12.7 Å². The molecule has 2 heterocycles. The number of ketones is 1. The van der Waals surface area contributed by atoms with E-state index in [2.05, 4.69) is 15.3 Å². The highest BCUT2D eigenvalue weighted by Gasteiger charge is 2.29. The summed E-state index contributed by atoms with van der Waals surface area (Å²) in [6.45, 7) is 3.76. The number of nitrogens with two attached hydrogens (primary N) is 1. The number of nitrogens with one attached hydrogen (secondary N) is 2. The van der Waals surface area contributed by atoms with E-state index in [4.69, 9.17) is 9.90 Å². The lowest BCUT2D eigenvalue weighted by Crippen LogP contribution is -2.87. The number of fused-ring (bicyclic) bond motifs is 1. The molecule has 3 aromatic rings. The number of amides is 1. The van der Waals surface area contributed by atoms with Crippen molar-refractivity contribution < 1.29 is 42.4 Å². The second kappa shape index (κ2) is 15.2. The van der Waals surface area contributed by atoms with Crippen LogP contribution < -0.4 is 15.7 Å². The number of benzene rings is 2. The van der Waals surface area contributed by atoms with Gasteiger partial charge < -0.3 is 20.2 Å². The van der Waals surface area contributed by atoms with Crippen LogP contribution >= 0.6 is 0 Å². The summed E-state index contributed by atoms with van der Waals surface area (Å²) in [5, 5.41) is 14.7. The molecule has 1 aliphatic heterocycles. The second-order valence-corrected chi connectivity index (χ2v) is 10.1. The van der Waals surface area contributed by atoms with E-state index >= 15 is 0 Å². The highest BCUT2D eigenvalue weighted by molar-refractivity contribution is 5.93. The number of unbranched alkanes of at least 4 members (excludes halogenated alkanes) is 2. The van der Waals surface area contributed by atoms with Crippen LogP contribution in [0.2, 0.25) is 0 Å². The molecular weight excluding hydrogens is 568 g/mol. The first-order valence-corrected chi connectivity index (χ1v) is 13.9. The van der Waals surface area contributed by atoms with E-state index in [-0.39, 0.29) is 30.0 Å². The van der Waals surface area contributed by atoms with E-state index < -0.39 is 12.1 Å². The summed E-state index contributed by atoms with van der Waals surface area (Å²) < 4.78 is 45.8. The summed E-state index contributed by atoms with van der Waals surface area (Å²) in [4.78, 5) is 41.3.